The van der Waals surface area contributed by atoms with Gasteiger partial charge in [-0.05, 0) is 18.6 Å². The molecule has 86 valence electrons. The van der Waals surface area contributed by atoms with E-state index in [1.165, 1.54) is 11.8 Å². The second-order valence-electron chi connectivity index (χ2n) is 3.81. The summed E-state index contributed by atoms with van der Waals surface area (Å²) in [5, 5.41) is 0. The molecule has 1 amide bonds. The number of amides is 1. The molecule has 0 aromatic heterocycles. The van der Waals surface area contributed by atoms with Crippen molar-refractivity contribution >= 4 is 21.4 Å². The topological polar surface area (TPSA) is 54.5 Å². The molecule has 4 nitrogen and oxygen atoms in total. The Balaban J connectivity index is 2.64. The smallest absolute Gasteiger partial charge is 0.223 e. The second kappa shape index (κ2) is 3.90. The zero-order chi connectivity index (χ0) is 11.8. The lowest BCUT2D eigenvalue weighted by molar-refractivity contribution is -0.116. The number of nitrogens with zero attached hydrogens (tertiary/aromatic N) is 1. The lowest BCUT2D eigenvalue weighted by Crippen LogP contribution is -2.29. The van der Waals surface area contributed by atoms with Crippen LogP contribution >= 0.6 is 0 Å². The maximum atomic E-state index is 11.9. The Morgan fingerprint density at radius 2 is 2.00 bits per heavy atom. The molecule has 1 heterocycles. The third-order valence-electron chi connectivity index (χ3n) is 2.67. The van der Waals surface area contributed by atoms with E-state index in [9.17, 15) is 13.2 Å². The summed E-state index contributed by atoms with van der Waals surface area (Å²) in [5.74, 6) is -0.0158. The van der Waals surface area contributed by atoms with Gasteiger partial charge in [0.25, 0.3) is 0 Å². The van der Waals surface area contributed by atoms with E-state index in [-0.39, 0.29) is 16.6 Å². The van der Waals surface area contributed by atoms with Crippen LogP contribution in [0.1, 0.15) is 13.3 Å². The molecular weight excluding hydrogens is 226 g/mol. The lowest BCUT2D eigenvalue weighted by Gasteiger charge is -2.20. The summed E-state index contributed by atoms with van der Waals surface area (Å²) >= 11 is 0. The number of sulfone groups is 1. The van der Waals surface area contributed by atoms with Crippen molar-refractivity contribution < 1.29 is 13.2 Å². The van der Waals surface area contributed by atoms with Crippen LogP contribution < -0.4 is 4.90 Å². The number of hydrogen-bond acceptors (Lipinski definition) is 3. The molecule has 1 aromatic carbocycles. The molecule has 2 rings (SSSR count). The van der Waals surface area contributed by atoms with Crippen molar-refractivity contribution in [3.05, 3.63) is 24.3 Å². The number of fused-ring (bicyclic) bond motifs is 1. The van der Waals surface area contributed by atoms with Crippen LogP contribution in [0.15, 0.2) is 29.2 Å². The maximum Gasteiger partial charge on any atom is 0.223 e. The molecule has 0 saturated heterocycles. The van der Waals surface area contributed by atoms with Crippen LogP contribution in [0.3, 0.4) is 0 Å². The number of hydrogen-bond donors (Lipinski definition) is 0. The molecule has 0 fully saturated rings. The van der Waals surface area contributed by atoms with Crippen molar-refractivity contribution in [1.29, 1.82) is 0 Å². The first-order chi connectivity index (χ1) is 7.52. The molecule has 0 atom stereocenters. The highest BCUT2D eigenvalue weighted by molar-refractivity contribution is 7.91. The van der Waals surface area contributed by atoms with Crippen LogP contribution in [0, 0.1) is 0 Å². The van der Waals surface area contributed by atoms with Gasteiger partial charge in [0.1, 0.15) is 0 Å². The Labute approximate surface area is 94.8 Å². The zero-order valence-electron chi connectivity index (χ0n) is 9.01. The molecule has 0 unspecified atom stereocenters. The zero-order valence-corrected chi connectivity index (χ0v) is 9.83. The fourth-order valence-corrected chi connectivity index (χ4v) is 3.43. The summed E-state index contributed by atoms with van der Waals surface area (Å²) in [5.41, 5.74) is 0.507. The summed E-state index contributed by atoms with van der Waals surface area (Å²) in [6, 6.07) is 6.67. The number of carbonyl (C=O) groups excluding carboxylic acids is 1. The number of rotatable bonds is 0. The van der Waals surface area contributed by atoms with Crippen molar-refractivity contribution in [2.45, 2.75) is 18.2 Å². The average molecular weight is 239 g/mol. The molecule has 1 aromatic rings. The predicted octanol–water partition coefficient (Wildman–Crippen LogP) is 1.22. The van der Waals surface area contributed by atoms with E-state index in [2.05, 4.69) is 0 Å². The minimum Gasteiger partial charge on any atom is -0.311 e. The van der Waals surface area contributed by atoms with Crippen LogP contribution in [0.5, 0.6) is 0 Å². The van der Waals surface area contributed by atoms with Gasteiger partial charge in [0.15, 0.2) is 9.84 Å². The molecule has 0 spiro atoms. The van der Waals surface area contributed by atoms with E-state index in [1.54, 1.807) is 24.3 Å². The largest absolute Gasteiger partial charge is 0.311 e. The first kappa shape index (κ1) is 11.1. The minimum atomic E-state index is -3.24. The SMILES string of the molecule is CC(=O)N1CCCS(=O)(=O)c2ccccc21. The highest BCUT2D eigenvalue weighted by Gasteiger charge is 2.26. The van der Waals surface area contributed by atoms with E-state index < -0.39 is 9.84 Å². The van der Waals surface area contributed by atoms with Crippen LogP contribution in [-0.2, 0) is 14.6 Å². The molecular formula is C11H13NO3S. The van der Waals surface area contributed by atoms with Crippen molar-refractivity contribution in [3.8, 4) is 0 Å². The molecule has 0 saturated carbocycles. The summed E-state index contributed by atoms with van der Waals surface area (Å²) < 4.78 is 23.8. The van der Waals surface area contributed by atoms with Crippen molar-refractivity contribution in [2.75, 3.05) is 17.2 Å². The molecule has 5 heteroatoms. The van der Waals surface area contributed by atoms with Gasteiger partial charge in [-0.15, -0.1) is 0 Å². The number of benzene rings is 1. The summed E-state index contributed by atoms with van der Waals surface area (Å²) in [6.07, 6.45) is 0.483. The predicted molar refractivity (Wildman–Crippen MR) is 61.1 cm³/mol. The monoisotopic (exact) mass is 239 g/mol. The third-order valence-corrected chi connectivity index (χ3v) is 4.51. The third kappa shape index (κ3) is 1.82. The van der Waals surface area contributed by atoms with Crippen molar-refractivity contribution in [2.24, 2.45) is 0 Å². The average Bonchev–Trinajstić information content (AvgIpc) is 2.36. The number of para-hydroxylation sites is 1. The number of carbonyl (C=O) groups is 1. The maximum absolute atomic E-state index is 11.9. The van der Waals surface area contributed by atoms with Crippen molar-refractivity contribution in [3.63, 3.8) is 0 Å². The van der Waals surface area contributed by atoms with Crippen LogP contribution in [0.4, 0.5) is 5.69 Å². The van der Waals surface area contributed by atoms with Gasteiger partial charge >= 0.3 is 0 Å². The van der Waals surface area contributed by atoms with Gasteiger partial charge < -0.3 is 4.90 Å². The highest BCUT2D eigenvalue weighted by atomic mass is 32.2. The van der Waals surface area contributed by atoms with Gasteiger partial charge in [-0.3, -0.25) is 4.79 Å². The normalized spacial score (nSPS) is 18.7. The molecule has 0 aliphatic carbocycles. The minimum absolute atomic E-state index is 0.105. The van der Waals surface area contributed by atoms with Gasteiger partial charge in [-0.25, -0.2) is 8.42 Å². The lowest BCUT2D eigenvalue weighted by atomic mass is 10.2. The Morgan fingerprint density at radius 3 is 2.69 bits per heavy atom. The Morgan fingerprint density at radius 1 is 1.31 bits per heavy atom. The van der Waals surface area contributed by atoms with Gasteiger partial charge in [0, 0.05) is 13.5 Å². The van der Waals surface area contributed by atoms with E-state index in [1.807, 2.05) is 0 Å². The summed E-state index contributed by atoms with van der Waals surface area (Å²) in [6.45, 7) is 1.92. The van der Waals surface area contributed by atoms with Gasteiger partial charge in [-0.1, -0.05) is 12.1 Å². The molecule has 0 N–H and O–H groups in total. The molecule has 16 heavy (non-hydrogen) atoms. The second-order valence-corrected chi connectivity index (χ2v) is 5.89. The standard InChI is InChI=1S/C11H13NO3S/c1-9(13)12-7-4-8-16(14,15)11-6-3-2-5-10(11)12/h2-3,5-6H,4,7-8H2,1H3. The molecule has 0 bridgehead atoms. The van der Waals surface area contributed by atoms with E-state index in [0.29, 0.717) is 18.7 Å². The van der Waals surface area contributed by atoms with E-state index in [0.717, 1.165) is 0 Å². The fraction of sp³-hybridized carbons (Fsp3) is 0.364. The summed E-state index contributed by atoms with van der Waals surface area (Å²) in [4.78, 5) is 13.3. The van der Waals surface area contributed by atoms with Gasteiger partial charge in [0.05, 0.1) is 16.3 Å². The molecule has 0 radical (unpaired) electrons. The van der Waals surface area contributed by atoms with Gasteiger partial charge in [-0.2, -0.15) is 0 Å². The quantitative estimate of drug-likeness (QED) is 0.684. The molecule has 1 aliphatic rings. The fourth-order valence-electron chi connectivity index (χ4n) is 1.91. The highest BCUT2D eigenvalue weighted by Crippen LogP contribution is 2.29. The van der Waals surface area contributed by atoms with Crippen LogP contribution in [0.2, 0.25) is 0 Å². The first-order valence-electron chi connectivity index (χ1n) is 5.12. The summed E-state index contributed by atoms with van der Waals surface area (Å²) in [7, 11) is -3.24. The van der Waals surface area contributed by atoms with E-state index >= 15 is 0 Å². The van der Waals surface area contributed by atoms with Crippen LogP contribution in [0.25, 0.3) is 0 Å². The Kier molecular flexibility index (Phi) is 2.71. The van der Waals surface area contributed by atoms with Crippen LogP contribution in [-0.4, -0.2) is 26.6 Å². The van der Waals surface area contributed by atoms with Crippen molar-refractivity contribution in [1.82, 2.24) is 0 Å². The molecule has 1 aliphatic heterocycles. The number of anilines is 1. The first-order valence-corrected chi connectivity index (χ1v) is 6.77. The van der Waals surface area contributed by atoms with Gasteiger partial charge in [0.2, 0.25) is 5.91 Å². The Bertz CT molecular complexity index is 522. The Hall–Kier alpha value is -1.36. The van der Waals surface area contributed by atoms with E-state index in [4.69, 9.17) is 0 Å².